The summed E-state index contributed by atoms with van der Waals surface area (Å²) in [5.41, 5.74) is 10.4. The van der Waals surface area contributed by atoms with E-state index in [4.69, 9.17) is 15.9 Å². The van der Waals surface area contributed by atoms with Crippen molar-refractivity contribution in [2.45, 2.75) is 27.7 Å². The molecule has 104 valence electrons. The largest absolute Gasteiger partial charge is 0.438 e. The van der Waals surface area contributed by atoms with E-state index in [2.05, 4.69) is 11.1 Å². The Hall–Kier alpha value is -2.36. The lowest BCUT2D eigenvalue weighted by molar-refractivity contribution is 0.457. The van der Waals surface area contributed by atoms with Crippen LogP contribution in [0.5, 0.6) is 11.6 Å². The molecule has 0 bridgehead atoms. The first-order chi connectivity index (χ1) is 9.40. The highest BCUT2D eigenvalue weighted by Gasteiger charge is 2.14. The maximum Gasteiger partial charge on any atom is 0.230 e. The van der Waals surface area contributed by atoms with Crippen LogP contribution < -0.4 is 10.5 Å². The second-order valence-corrected chi connectivity index (χ2v) is 5.03. The molecule has 0 saturated carbocycles. The third kappa shape index (κ3) is 2.64. The zero-order chi connectivity index (χ0) is 14.9. The van der Waals surface area contributed by atoms with E-state index >= 15 is 0 Å². The summed E-state index contributed by atoms with van der Waals surface area (Å²) in [6.45, 7) is 7.96. The Morgan fingerprint density at radius 1 is 1.15 bits per heavy atom. The minimum absolute atomic E-state index is 0.0346. The summed E-state index contributed by atoms with van der Waals surface area (Å²) < 4.78 is 5.91. The summed E-state index contributed by atoms with van der Waals surface area (Å²) >= 11 is 0. The van der Waals surface area contributed by atoms with E-state index in [0.717, 1.165) is 28.0 Å². The lowest BCUT2D eigenvalue weighted by atomic mass is 10.1. The zero-order valence-electron chi connectivity index (χ0n) is 12.2. The minimum atomic E-state index is -0.0346. The second-order valence-electron chi connectivity index (χ2n) is 5.03. The van der Waals surface area contributed by atoms with Gasteiger partial charge in [0.05, 0.1) is 5.56 Å². The van der Waals surface area contributed by atoms with Crippen LogP contribution in [0.2, 0.25) is 0 Å². The minimum Gasteiger partial charge on any atom is -0.438 e. The Morgan fingerprint density at radius 2 is 1.85 bits per heavy atom. The van der Waals surface area contributed by atoms with Gasteiger partial charge in [-0.15, -0.1) is 0 Å². The van der Waals surface area contributed by atoms with Gasteiger partial charge in [0.25, 0.3) is 0 Å². The van der Waals surface area contributed by atoms with Crippen molar-refractivity contribution >= 4 is 5.84 Å². The molecule has 1 heterocycles. The molecule has 0 aliphatic carbocycles. The first-order valence-electron chi connectivity index (χ1n) is 6.46. The molecule has 0 fully saturated rings. The van der Waals surface area contributed by atoms with E-state index in [-0.39, 0.29) is 5.84 Å². The van der Waals surface area contributed by atoms with Crippen molar-refractivity contribution in [1.29, 1.82) is 5.41 Å². The maximum atomic E-state index is 7.68. The fourth-order valence-electron chi connectivity index (χ4n) is 2.15. The van der Waals surface area contributed by atoms with E-state index in [0.29, 0.717) is 11.4 Å². The number of nitrogens with zero attached hydrogens (tertiary/aromatic N) is 1. The summed E-state index contributed by atoms with van der Waals surface area (Å²) in [6.07, 6.45) is 1.66. The van der Waals surface area contributed by atoms with Crippen LogP contribution in [-0.2, 0) is 0 Å². The summed E-state index contributed by atoms with van der Waals surface area (Å²) in [6, 6.07) is 5.89. The predicted molar refractivity (Wildman–Crippen MR) is 80.7 cm³/mol. The van der Waals surface area contributed by atoms with Crippen LogP contribution >= 0.6 is 0 Å². The molecule has 0 aliphatic heterocycles. The van der Waals surface area contributed by atoms with Crippen molar-refractivity contribution in [2.24, 2.45) is 5.73 Å². The van der Waals surface area contributed by atoms with E-state index in [1.54, 1.807) is 6.20 Å². The molecule has 0 atom stereocenters. The lowest BCUT2D eigenvalue weighted by Gasteiger charge is -2.14. The molecule has 0 aliphatic rings. The molecular weight excluding hydrogens is 250 g/mol. The molecule has 2 aromatic rings. The van der Waals surface area contributed by atoms with E-state index in [1.165, 1.54) is 0 Å². The average molecular weight is 269 g/mol. The van der Waals surface area contributed by atoms with Crippen molar-refractivity contribution in [2.75, 3.05) is 0 Å². The summed E-state index contributed by atoms with van der Waals surface area (Å²) in [4.78, 5) is 4.21. The molecular formula is C16H19N3O. The van der Waals surface area contributed by atoms with Crippen molar-refractivity contribution in [3.63, 3.8) is 0 Å². The number of aryl methyl sites for hydroxylation is 3. The maximum absolute atomic E-state index is 7.68. The Bertz CT molecular complexity index is 678. The first-order valence-corrected chi connectivity index (χ1v) is 6.46. The van der Waals surface area contributed by atoms with Crippen molar-refractivity contribution in [3.05, 3.63) is 52.2 Å². The first kappa shape index (κ1) is 14.1. The number of amidine groups is 1. The Kier molecular flexibility index (Phi) is 3.74. The number of aromatic nitrogens is 1. The normalized spacial score (nSPS) is 10.4. The monoisotopic (exact) mass is 269 g/mol. The Balaban J connectivity index is 2.51. The number of hydrogen-bond acceptors (Lipinski definition) is 3. The van der Waals surface area contributed by atoms with Crippen LogP contribution in [-0.4, -0.2) is 10.8 Å². The molecule has 1 aromatic heterocycles. The van der Waals surface area contributed by atoms with Gasteiger partial charge in [-0.3, -0.25) is 5.41 Å². The smallest absolute Gasteiger partial charge is 0.230 e. The lowest BCUT2D eigenvalue weighted by Crippen LogP contribution is -2.15. The molecule has 0 radical (unpaired) electrons. The van der Waals surface area contributed by atoms with Gasteiger partial charge in [0.2, 0.25) is 5.88 Å². The van der Waals surface area contributed by atoms with Gasteiger partial charge in [0.15, 0.2) is 0 Å². The summed E-state index contributed by atoms with van der Waals surface area (Å²) in [5, 5.41) is 7.68. The van der Waals surface area contributed by atoms with Gasteiger partial charge in [-0.2, -0.15) is 0 Å². The van der Waals surface area contributed by atoms with Crippen LogP contribution in [0.4, 0.5) is 0 Å². The third-order valence-electron chi connectivity index (χ3n) is 3.36. The van der Waals surface area contributed by atoms with Crippen LogP contribution in [0, 0.1) is 33.1 Å². The fraction of sp³-hybridized carbons (Fsp3) is 0.250. The zero-order valence-corrected chi connectivity index (χ0v) is 12.2. The van der Waals surface area contributed by atoms with Gasteiger partial charge in [-0.25, -0.2) is 4.98 Å². The molecule has 3 N–H and O–H groups in total. The number of nitrogens with two attached hydrogens (primary N) is 1. The number of ether oxygens (including phenoxy) is 1. The molecule has 0 unspecified atom stereocenters. The summed E-state index contributed by atoms with van der Waals surface area (Å²) in [5.74, 6) is 1.10. The Morgan fingerprint density at radius 3 is 2.50 bits per heavy atom. The van der Waals surface area contributed by atoms with E-state index in [9.17, 15) is 0 Å². The number of hydrogen-bond donors (Lipinski definition) is 2. The van der Waals surface area contributed by atoms with Gasteiger partial charge < -0.3 is 10.5 Å². The quantitative estimate of drug-likeness (QED) is 0.662. The SMILES string of the molecule is Cc1cc(C)c(C)c(Oc2nccc(C)c2C(=N)N)c1. The fourth-order valence-corrected chi connectivity index (χ4v) is 2.15. The van der Waals surface area contributed by atoms with Crippen LogP contribution in [0.1, 0.15) is 27.8 Å². The topological polar surface area (TPSA) is 72.0 Å². The molecule has 0 spiro atoms. The molecule has 0 saturated heterocycles. The molecule has 2 rings (SSSR count). The van der Waals surface area contributed by atoms with Crippen LogP contribution in [0.15, 0.2) is 24.4 Å². The van der Waals surface area contributed by atoms with Crippen molar-refractivity contribution in [3.8, 4) is 11.6 Å². The van der Waals surface area contributed by atoms with Gasteiger partial charge in [0, 0.05) is 6.20 Å². The van der Waals surface area contributed by atoms with Gasteiger partial charge in [-0.1, -0.05) is 6.07 Å². The molecule has 0 amide bonds. The average Bonchev–Trinajstić information content (AvgIpc) is 2.35. The van der Waals surface area contributed by atoms with Crippen LogP contribution in [0.25, 0.3) is 0 Å². The highest BCUT2D eigenvalue weighted by Crippen LogP contribution is 2.30. The number of nitrogen functional groups attached to an aromatic ring is 1. The van der Waals surface area contributed by atoms with Crippen LogP contribution in [0.3, 0.4) is 0 Å². The van der Waals surface area contributed by atoms with E-state index in [1.807, 2.05) is 39.8 Å². The summed E-state index contributed by atoms with van der Waals surface area (Å²) in [7, 11) is 0. The molecule has 4 heteroatoms. The number of nitrogens with one attached hydrogen (secondary N) is 1. The molecule has 4 nitrogen and oxygen atoms in total. The number of pyridine rings is 1. The standard InChI is InChI=1S/C16H19N3O/c1-9-7-11(3)12(4)13(8-9)20-16-14(15(17)18)10(2)5-6-19-16/h5-8H,1-4H3,(H3,17,18). The molecule has 1 aromatic carbocycles. The van der Waals surface area contributed by atoms with Crippen molar-refractivity contribution < 1.29 is 4.74 Å². The molecule has 20 heavy (non-hydrogen) atoms. The second kappa shape index (κ2) is 5.33. The number of benzene rings is 1. The number of rotatable bonds is 3. The van der Waals surface area contributed by atoms with Gasteiger partial charge >= 0.3 is 0 Å². The van der Waals surface area contributed by atoms with Crippen molar-refractivity contribution in [1.82, 2.24) is 4.98 Å². The predicted octanol–water partition coefficient (Wildman–Crippen LogP) is 3.39. The third-order valence-corrected chi connectivity index (χ3v) is 3.36. The highest BCUT2D eigenvalue weighted by atomic mass is 16.5. The van der Waals surface area contributed by atoms with Gasteiger partial charge in [0.1, 0.15) is 11.6 Å². The van der Waals surface area contributed by atoms with E-state index < -0.39 is 0 Å². The van der Waals surface area contributed by atoms with Gasteiger partial charge in [-0.05, 0) is 62.1 Å². The Labute approximate surface area is 119 Å². The highest BCUT2D eigenvalue weighted by molar-refractivity contribution is 5.98.